The molecule has 2 heterocycles. The van der Waals surface area contributed by atoms with Crippen LogP contribution in [0.15, 0.2) is 24.5 Å². The fourth-order valence-electron chi connectivity index (χ4n) is 2.00. The number of anilines is 1. The molecule has 104 valence electrons. The van der Waals surface area contributed by atoms with Crippen molar-refractivity contribution < 1.29 is 0 Å². The van der Waals surface area contributed by atoms with E-state index in [0.29, 0.717) is 17.4 Å². The number of aromatic nitrogens is 3. The van der Waals surface area contributed by atoms with Gasteiger partial charge in [0.05, 0.1) is 11.3 Å². The summed E-state index contributed by atoms with van der Waals surface area (Å²) in [5.74, 6) is 0.706. The van der Waals surface area contributed by atoms with Crippen LogP contribution in [-0.4, -0.2) is 27.2 Å². The fourth-order valence-corrected chi connectivity index (χ4v) is 2.24. The monoisotopic (exact) mass is 287 g/mol. The third kappa shape index (κ3) is 2.91. The van der Waals surface area contributed by atoms with Gasteiger partial charge >= 0.3 is 0 Å². The standard InChI is InChI=1S/C14H17N5S/c1-9-10(2)17-18-14(12(9)13(15)20)19(3)8-11-4-6-16-7-5-11/h4-7H,8H2,1-3H3,(H2,15,20). The van der Waals surface area contributed by atoms with Gasteiger partial charge in [0.15, 0.2) is 5.82 Å². The third-order valence-corrected chi connectivity index (χ3v) is 3.42. The second kappa shape index (κ2) is 5.92. The molecule has 0 aliphatic rings. The maximum Gasteiger partial charge on any atom is 0.161 e. The number of pyridine rings is 1. The summed E-state index contributed by atoms with van der Waals surface area (Å²) in [4.78, 5) is 6.34. The third-order valence-electron chi connectivity index (χ3n) is 3.21. The molecule has 6 heteroatoms. The Balaban J connectivity index is 2.37. The summed E-state index contributed by atoms with van der Waals surface area (Å²) in [7, 11) is 1.95. The van der Waals surface area contributed by atoms with E-state index in [0.717, 1.165) is 22.4 Å². The molecule has 0 fully saturated rings. The van der Waals surface area contributed by atoms with Gasteiger partial charge in [0, 0.05) is 26.0 Å². The summed E-state index contributed by atoms with van der Waals surface area (Å²) < 4.78 is 0. The average Bonchev–Trinajstić information content (AvgIpc) is 2.42. The first kappa shape index (κ1) is 14.3. The maximum atomic E-state index is 5.84. The SMILES string of the molecule is Cc1nnc(N(C)Cc2ccncc2)c(C(N)=S)c1C. The van der Waals surface area contributed by atoms with Crippen molar-refractivity contribution in [1.82, 2.24) is 15.2 Å². The highest BCUT2D eigenvalue weighted by Gasteiger charge is 2.17. The number of aryl methyl sites for hydroxylation is 1. The molecule has 5 nitrogen and oxygen atoms in total. The van der Waals surface area contributed by atoms with Gasteiger partial charge in [-0.3, -0.25) is 4.98 Å². The number of hydrogen-bond donors (Lipinski definition) is 1. The zero-order valence-corrected chi connectivity index (χ0v) is 12.6. The lowest BCUT2D eigenvalue weighted by Gasteiger charge is -2.22. The van der Waals surface area contributed by atoms with E-state index in [1.165, 1.54) is 0 Å². The molecule has 2 rings (SSSR count). The van der Waals surface area contributed by atoms with Gasteiger partial charge in [0.2, 0.25) is 0 Å². The molecule has 2 aromatic rings. The lowest BCUT2D eigenvalue weighted by atomic mass is 10.1. The molecule has 0 radical (unpaired) electrons. The Hall–Kier alpha value is -2.08. The normalized spacial score (nSPS) is 10.3. The molecule has 0 spiro atoms. The molecule has 2 N–H and O–H groups in total. The molecule has 20 heavy (non-hydrogen) atoms. The van der Waals surface area contributed by atoms with E-state index in [4.69, 9.17) is 18.0 Å². The van der Waals surface area contributed by atoms with Gasteiger partial charge in [0.1, 0.15) is 4.99 Å². The van der Waals surface area contributed by atoms with Crippen LogP contribution in [0.25, 0.3) is 0 Å². The Morgan fingerprint density at radius 2 is 1.90 bits per heavy atom. The Labute approximate surface area is 123 Å². The summed E-state index contributed by atoms with van der Waals surface area (Å²) in [6, 6.07) is 3.93. The molecule has 2 aromatic heterocycles. The summed E-state index contributed by atoms with van der Waals surface area (Å²) in [6.45, 7) is 4.55. The van der Waals surface area contributed by atoms with Crippen LogP contribution in [-0.2, 0) is 6.54 Å². The molecule has 0 saturated carbocycles. The lowest BCUT2D eigenvalue weighted by molar-refractivity contribution is 0.847. The van der Waals surface area contributed by atoms with E-state index in [1.54, 1.807) is 12.4 Å². The highest BCUT2D eigenvalue weighted by atomic mass is 32.1. The lowest BCUT2D eigenvalue weighted by Crippen LogP contribution is -2.25. The highest BCUT2D eigenvalue weighted by Crippen LogP contribution is 2.22. The molecular formula is C14H17N5S. The molecule has 0 aromatic carbocycles. The summed E-state index contributed by atoms with van der Waals surface area (Å²) in [5.41, 5.74) is 9.59. The van der Waals surface area contributed by atoms with Crippen LogP contribution in [0.3, 0.4) is 0 Å². The van der Waals surface area contributed by atoms with Crippen LogP contribution in [0.5, 0.6) is 0 Å². The van der Waals surface area contributed by atoms with Crippen LogP contribution in [0.1, 0.15) is 22.4 Å². The number of thiocarbonyl (C=S) groups is 1. The quantitative estimate of drug-likeness (QED) is 0.864. The smallest absolute Gasteiger partial charge is 0.161 e. The molecule has 0 atom stereocenters. The van der Waals surface area contributed by atoms with E-state index in [-0.39, 0.29) is 0 Å². The van der Waals surface area contributed by atoms with Crippen LogP contribution >= 0.6 is 12.2 Å². The predicted molar refractivity (Wildman–Crippen MR) is 83.7 cm³/mol. The van der Waals surface area contributed by atoms with Crippen LogP contribution in [0, 0.1) is 13.8 Å². The van der Waals surface area contributed by atoms with Gasteiger partial charge in [-0.25, -0.2) is 0 Å². The predicted octanol–water partition coefficient (Wildman–Crippen LogP) is 1.76. The van der Waals surface area contributed by atoms with Gasteiger partial charge < -0.3 is 10.6 Å². The summed E-state index contributed by atoms with van der Waals surface area (Å²) in [5, 5.41) is 8.41. The number of nitrogens with zero attached hydrogens (tertiary/aromatic N) is 4. The second-order valence-electron chi connectivity index (χ2n) is 4.68. The first-order valence-electron chi connectivity index (χ1n) is 6.24. The van der Waals surface area contributed by atoms with Crippen LogP contribution < -0.4 is 10.6 Å². The van der Waals surface area contributed by atoms with Crippen molar-refractivity contribution in [3.05, 3.63) is 46.9 Å². The van der Waals surface area contributed by atoms with E-state index in [9.17, 15) is 0 Å². The number of nitrogens with two attached hydrogens (primary N) is 1. The fraction of sp³-hybridized carbons (Fsp3) is 0.286. The number of hydrogen-bond acceptors (Lipinski definition) is 5. The van der Waals surface area contributed by atoms with Crippen molar-refractivity contribution in [1.29, 1.82) is 0 Å². The van der Waals surface area contributed by atoms with E-state index in [2.05, 4.69) is 15.2 Å². The van der Waals surface area contributed by atoms with Gasteiger partial charge in [-0.05, 0) is 37.1 Å². The highest BCUT2D eigenvalue weighted by molar-refractivity contribution is 7.80. The average molecular weight is 287 g/mol. The molecule has 0 amide bonds. The minimum atomic E-state index is 0.345. The second-order valence-corrected chi connectivity index (χ2v) is 5.12. The van der Waals surface area contributed by atoms with Crippen molar-refractivity contribution in [2.45, 2.75) is 20.4 Å². The zero-order chi connectivity index (χ0) is 14.7. The van der Waals surface area contributed by atoms with Crippen molar-refractivity contribution in [2.24, 2.45) is 5.73 Å². The van der Waals surface area contributed by atoms with Crippen molar-refractivity contribution >= 4 is 23.0 Å². The molecule has 0 unspecified atom stereocenters. The topological polar surface area (TPSA) is 67.9 Å². The molecule has 0 aliphatic heterocycles. The molecular weight excluding hydrogens is 270 g/mol. The Kier molecular flexibility index (Phi) is 4.24. The van der Waals surface area contributed by atoms with Gasteiger partial charge in [-0.2, -0.15) is 5.10 Å². The van der Waals surface area contributed by atoms with Gasteiger partial charge in [-0.1, -0.05) is 12.2 Å². The van der Waals surface area contributed by atoms with Crippen molar-refractivity contribution in [3.8, 4) is 0 Å². The first-order valence-corrected chi connectivity index (χ1v) is 6.65. The minimum absolute atomic E-state index is 0.345. The van der Waals surface area contributed by atoms with Gasteiger partial charge in [0.25, 0.3) is 0 Å². The van der Waals surface area contributed by atoms with Crippen LogP contribution in [0.4, 0.5) is 5.82 Å². The first-order chi connectivity index (χ1) is 9.50. The largest absolute Gasteiger partial charge is 0.389 e. The van der Waals surface area contributed by atoms with E-state index < -0.39 is 0 Å². The summed E-state index contributed by atoms with van der Waals surface area (Å²) >= 11 is 5.15. The minimum Gasteiger partial charge on any atom is -0.389 e. The molecule has 0 saturated heterocycles. The number of rotatable bonds is 4. The van der Waals surface area contributed by atoms with Crippen molar-refractivity contribution in [3.63, 3.8) is 0 Å². The zero-order valence-electron chi connectivity index (χ0n) is 11.8. The Morgan fingerprint density at radius 1 is 1.25 bits per heavy atom. The van der Waals surface area contributed by atoms with Crippen molar-refractivity contribution in [2.75, 3.05) is 11.9 Å². The maximum absolute atomic E-state index is 5.84. The van der Waals surface area contributed by atoms with Crippen LogP contribution in [0.2, 0.25) is 0 Å². The van der Waals surface area contributed by atoms with E-state index >= 15 is 0 Å². The van der Waals surface area contributed by atoms with Gasteiger partial charge in [-0.15, -0.1) is 5.10 Å². The Morgan fingerprint density at radius 3 is 2.50 bits per heavy atom. The Bertz CT molecular complexity index is 627. The molecule has 0 bridgehead atoms. The summed E-state index contributed by atoms with van der Waals surface area (Å²) in [6.07, 6.45) is 3.54. The van der Waals surface area contributed by atoms with E-state index in [1.807, 2.05) is 37.9 Å². The molecule has 0 aliphatic carbocycles.